The minimum absolute atomic E-state index is 0.0367. The van der Waals surface area contributed by atoms with Gasteiger partial charge in [-0.25, -0.2) is 4.39 Å². The van der Waals surface area contributed by atoms with Crippen molar-refractivity contribution >= 4 is 11.6 Å². The summed E-state index contributed by atoms with van der Waals surface area (Å²) >= 11 is 6.64. The summed E-state index contributed by atoms with van der Waals surface area (Å²) in [6, 6.07) is 12.8. The lowest BCUT2D eigenvalue weighted by Gasteiger charge is -2.30. The Balaban J connectivity index is 1.63. The number of hydrogen-bond donors (Lipinski definition) is 1. The molecule has 2 fully saturated rings. The molecule has 1 saturated carbocycles. The van der Waals surface area contributed by atoms with Crippen LogP contribution in [0.25, 0.3) is 11.1 Å². The molecule has 5 heteroatoms. The number of likely N-dealkylation sites (tertiary alicyclic amines) is 1. The Morgan fingerprint density at radius 2 is 2.20 bits per heavy atom. The van der Waals surface area contributed by atoms with E-state index in [0.29, 0.717) is 16.6 Å². The lowest BCUT2D eigenvalue weighted by Crippen LogP contribution is -2.44. The molecule has 1 aliphatic carbocycles. The van der Waals surface area contributed by atoms with Gasteiger partial charge in [0.15, 0.2) is 0 Å². The molecule has 1 heterocycles. The number of nitrogens with two attached hydrogens (primary N) is 1. The Hall–Kier alpha value is -1.93. The number of hydrogen-bond acceptors (Lipinski definition) is 3. The van der Waals surface area contributed by atoms with Crippen molar-refractivity contribution in [3.05, 3.63) is 58.4 Å². The van der Waals surface area contributed by atoms with Crippen molar-refractivity contribution < 1.29 is 4.39 Å². The first kappa shape index (κ1) is 16.5. The summed E-state index contributed by atoms with van der Waals surface area (Å²) in [6.45, 7) is 1.67. The van der Waals surface area contributed by atoms with Crippen LogP contribution in [0.15, 0.2) is 36.4 Å². The highest BCUT2D eigenvalue weighted by molar-refractivity contribution is 6.34. The van der Waals surface area contributed by atoms with Crippen molar-refractivity contribution in [1.82, 2.24) is 4.90 Å². The van der Waals surface area contributed by atoms with Crippen LogP contribution in [0.4, 0.5) is 4.39 Å². The van der Waals surface area contributed by atoms with Gasteiger partial charge in [-0.15, -0.1) is 0 Å². The van der Waals surface area contributed by atoms with E-state index in [1.165, 1.54) is 12.1 Å². The summed E-state index contributed by atoms with van der Waals surface area (Å²) in [5, 5.41) is 9.52. The zero-order chi connectivity index (χ0) is 17.6. The van der Waals surface area contributed by atoms with E-state index in [-0.39, 0.29) is 11.1 Å². The topological polar surface area (TPSA) is 53.0 Å². The highest BCUT2D eigenvalue weighted by Gasteiger charge is 2.46. The first-order valence-electron chi connectivity index (χ1n) is 8.49. The first-order chi connectivity index (χ1) is 12.0. The van der Waals surface area contributed by atoms with Crippen molar-refractivity contribution in [1.29, 1.82) is 5.26 Å². The number of piperidine rings is 1. The largest absolute Gasteiger partial charge is 0.324 e. The van der Waals surface area contributed by atoms with E-state index in [1.54, 1.807) is 6.07 Å². The third kappa shape index (κ3) is 2.93. The highest BCUT2D eigenvalue weighted by Crippen LogP contribution is 2.41. The molecule has 2 atom stereocenters. The number of nitrogens with zero attached hydrogens (tertiary/aromatic N) is 2. The smallest absolute Gasteiger partial charge is 0.141 e. The molecule has 4 rings (SSSR count). The van der Waals surface area contributed by atoms with Crippen molar-refractivity contribution in [2.45, 2.75) is 37.4 Å². The van der Waals surface area contributed by atoms with E-state index in [2.05, 4.69) is 4.90 Å². The zero-order valence-electron chi connectivity index (χ0n) is 13.8. The summed E-state index contributed by atoms with van der Waals surface area (Å²) in [5.74, 6) is -0.525. The summed E-state index contributed by atoms with van der Waals surface area (Å²) in [6.07, 6.45) is 3.31. The minimum Gasteiger partial charge on any atom is -0.324 e. The molecule has 25 heavy (non-hydrogen) atoms. The summed E-state index contributed by atoms with van der Waals surface area (Å²) < 4.78 is 14.0. The van der Waals surface area contributed by atoms with E-state index in [1.807, 2.05) is 24.3 Å². The van der Waals surface area contributed by atoms with Gasteiger partial charge in [0.1, 0.15) is 11.9 Å². The van der Waals surface area contributed by atoms with E-state index in [4.69, 9.17) is 22.6 Å². The predicted octanol–water partition coefficient (Wildman–Crippen LogP) is 4.08. The molecular formula is C20H19ClFN3. The molecule has 0 amide bonds. The molecule has 1 aliphatic heterocycles. The monoisotopic (exact) mass is 355 g/mol. The molecule has 0 unspecified atom stereocenters. The van der Waals surface area contributed by atoms with Crippen LogP contribution < -0.4 is 5.73 Å². The maximum Gasteiger partial charge on any atom is 0.141 e. The Kier molecular flexibility index (Phi) is 4.04. The van der Waals surface area contributed by atoms with E-state index < -0.39 is 5.82 Å². The molecule has 0 spiro atoms. The van der Waals surface area contributed by atoms with Gasteiger partial charge in [0, 0.05) is 30.2 Å². The van der Waals surface area contributed by atoms with Crippen molar-refractivity contribution in [2.24, 2.45) is 5.73 Å². The van der Waals surface area contributed by atoms with Crippen LogP contribution in [0.5, 0.6) is 0 Å². The van der Waals surface area contributed by atoms with Crippen molar-refractivity contribution in [3.8, 4) is 17.2 Å². The Labute approximate surface area is 151 Å². The zero-order valence-corrected chi connectivity index (χ0v) is 14.6. The van der Waals surface area contributed by atoms with Crippen molar-refractivity contribution in [2.75, 3.05) is 6.54 Å². The SMILES string of the molecule is N#Cc1ccc(-c2cccc(CN3C[C@]4(N)CC[C@H]3C4)c2Cl)cc1F. The molecule has 2 aliphatic rings. The highest BCUT2D eigenvalue weighted by atomic mass is 35.5. The lowest BCUT2D eigenvalue weighted by atomic mass is 9.99. The summed E-state index contributed by atoms with van der Waals surface area (Å²) in [5.41, 5.74) is 8.90. The number of nitriles is 1. The normalized spacial score (nSPS) is 25.3. The molecule has 2 bridgehead atoms. The Morgan fingerprint density at radius 3 is 2.84 bits per heavy atom. The molecule has 1 saturated heterocycles. The second-order valence-electron chi connectivity index (χ2n) is 7.25. The van der Waals surface area contributed by atoms with Crippen LogP contribution >= 0.6 is 11.6 Å². The second kappa shape index (κ2) is 6.10. The molecule has 3 nitrogen and oxygen atoms in total. The van der Waals surface area contributed by atoms with Crippen LogP contribution in [0.2, 0.25) is 5.02 Å². The van der Waals surface area contributed by atoms with E-state index >= 15 is 0 Å². The van der Waals surface area contributed by atoms with Gasteiger partial charge in [-0.1, -0.05) is 35.9 Å². The quantitative estimate of drug-likeness (QED) is 0.902. The average molecular weight is 356 g/mol. The predicted molar refractivity (Wildman–Crippen MR) is 96.5 cm³/mol. The van der Waals surface area contributed by atoms with Crippen molar-refractivity contribution in [3.63, 3.8) is 0 Å². The van der Waals surface area contributed by atoms with Gasteiger partial charge in [0.05, 0.1) is 10.6 Å². The van der Waals surface area contributed by atoms with E-state index in [0.717, 1.165) is 43.5 Å². The number of fused-ring (bicyclic) bond motifs is 2. The number of halogens is 2. The Bertz CT molecular complexity index is 876. The fraction of sp³-hybridized carbons (Fsp3) is 0.350. The van der Waals surface area contributed by atoms with Gasteiger partial charge in [-0.05, 0) is 42.5 Å². The van der Waals surface area contributed by atoms with Gasteiger partial charge in [0.25, 0.3) is 0 Å². The molecule has 2 aromatic carbocycles. The van der Waals surface area contributed by atoms with Gasteiger partial charge in [-0.2, -0.15) is 5.26 Å². The molecule has 128 valence electrons. The first-order valence-corrected chi connectivity index (χ1v) is 8.87. The van der Waals surface area contributed by atoms with Gasteiger partial charge in [0.2, 0.25) is 0 Å². The molecule has 0 aromatic heterocycles. The third-order valence-corrected chi connectivity index (χ3v) is 5.95. The maximum atomic E-state index is 14.0. The molecule has 0 radical (unpaired) electrons. The van der Waals surface area contributed by atoms with Crippen LogP contribution in [-0.4, -0.2) is 23.0 Å². The van der Waals surface area contributed by atoms with Crippen LogP contribution in [0.1, 0.15) is 30.4 Å². The van der Waals surface area contributed by atoms with Gasteiger partial charge < -0.3 is 5.73 Å². The minimum atomic E-state index is -0.525. The Morgan fingerprint density at radius 1 is 1.36 bits per heavy atom. The molecule has 2 N–H and O–H groups in total. The number of rotatable bonds is 3. The third-order valence-electron chi connectivity index (χ3n) is 5.50. The standard InChI is InChI=1S/C20H19ClFN3/c21-19-15(11-25-12-20(24)7-6-16(25)9-20)2-1-3-17(19)13-4-5-14(10-23)18(22)8-13/h1-5,8,16H,6-7,9,11-12,24H2/t16-,20-/m0/s1. The summed E-state index contributed by atoms with van der Waals surface area (Å²) in [4.78, 5) is 2.41. The fourth-order valence-corrected chi connectivity index (χ4v) is 4.51. The van der Waals surface area contributed by atoms with E-state index in [9.17, 15) is 4.39 Å². The van der Waals surface area contributed by atoms with Crippen LogP contribution in [0, 0.1) is 17.1 Å². The average Bonchev–Trinajstić information content (AvgIpc) is 3.12. The van der Waals surface area contributed by atoms with Gasteiger partial charge in [-0.3, -0.25) is 4.90 Å². The maximum absolute atomic E-state index is 14.0. The number of benzene rings is 2. The fourth-order valence-electron chi connectivity index (χ4n) is 4.22. The summed E-state index contributed by atoms with van der Waals surface area (Å²) in [7, 11) is 0. The lowest BCUT2D eigenvalue weighted by molar-refractivity contribution is 0.196. The molecule has 2 aromatic rings. The second-order valence-corrected chi connectivity index (χ2v) is 7.63. The van der Waals surface area contributed by atoms with Crippen LogP contribution in [0.3, 0.4) is 0 Å². The van der Waals surface area contributed by atoms with Crippen LogP contribution in [-0.2, 0) is 6.54 Å². The van der Waals surface area contributed by atoms with Gasteiger partial charge >= 0.3 is 0 Å². The molecular weight excluding hydrogens is 337 g/mol.